The van der Waals surface area contributed by atoms with Gasteiger partial charge < -0.3 is 5.11 Å². The molecule has 0 spiro atoms. The molecule has 31 heavy (non-hydrogen) atoms. The Balaban J connectivity index is 1.55. The lowest BCUT2D eigenvalue weighted by atomic mass is 10.1. The van der Waals surface area contributed by atoms with Gasteiger partial charge in [0.1, 0.15) is 5.75 Å². The first kappa shape index (κ1) is 20.8. The molecule has 1 aliphatic rings. The number of nitrogens with zero attached hydrogens (tertiary/aromatic N) is 3. The van der Waals surface area contributed by atoms with Gasteiger partial charge in [-0.1, -0.05) is 41.9 Å². The summed E-state index contributed by atoms with van der Waals surface area (Å²) < 4.78 is 0. The summed E-state index contributed by atoms with van der Waals surface area (Å²) in [5.74, 6) is -0.441. The van der Waals surface area contributed by atoms with Crippen molar-refractivity contribution < 1.29 is 14.7 Å². The number of carbonyl (C=O) groups excluding carboxylic acids is 2. The number of carbonyl (C=O) groups is 2. The van der Waals surface area contributed by atoms with E-state index in [4.69, 9.17) is 11.6 Å². The summed E-state index contributed by atoms with van der Waals surface area (Å²) in [4.78, 5) is 26.5. The van der Waals surface area contributed by atoms with Gasteiger partial charge in [-0.25, -0.2) is 0 Å². The van der Waals surface area contributed by atoms with Crippen molar-refractivity contribution in [3.8, 4) is 5.75 Å². The van der Waals surface area contributed by atoms with Gasteiger partial charge in [0.25, 0.3) is 11.1 Å². The van der Waals surface area contributed by atoms with Crippen molar-refractivity contribution in [3.63, 3.8) is 0 Å². The van der Waals surface area contributed by atoms with E-state index in [0.29, 0.717) is 22.0 Å². The highest BCUT2D eigenvalue weighted by molar-refractivity contribution is 8.18. The average molecular weight is 450 g/mol. The van der Waals surface area contributed by atoms with Crippen LogP contribution >= 0.6 is 23.4 Å². The first-order chi connectivity index (χ1) is 15.0. The van der Waals surface area contributed by atoms with Crippen LogP contribution < -0.4 is 0 Å². The number of hydrogen-bond acceptors (Lipinski definition) is 6. The minimum Gasteiger partial charge on any atom is -0.507 e. The molecule has 154 valence electrons. The number of amides is 2. The fourth-order valence-electron chi connectivity index (χ4n) is 2.88. The number of phenols is 1. The Morgan fingerprint density at radius 1 is 0.935 bits per heavy atom. The molecule has 0 aliphatic carbocycles. The van der Waals surface area contributed by atoms with Crippen LogP contribution in [-0.2, 0) is 11.3 Å². The van der Waals surface area contributed by atoms with Crippen LogP contribution in [0.5, 0.6) is 5.75 Å². The molecule has 0 unspecified atom stereocenters. The molecule has 6 nitrogen and oxygen atoms in total. The van der Waals surface area contributed by atoms with Gasteiger partial charge in [-0.15, -0.1) is 0 Å². The predicted octanol–water partition coefficient (Wildman–Crippen LogP) is 6.70. The van der Waals surface area contributed by atoms with Crippen LogP contribution in [0.15, 0.2) is 87.9 Å². The molecule has 3 aromatic carbocycles. The second kappa shape index (κ2) is 9.16. The zero-order valence-electron chi connectivity index (χ0n) is 16.1. The number of benzene rings is 3. The Morgan fingerprint density at radius 2 is 1.65 bits per heavy atom. The summed E-state index contributed by atoms with van der Waals surface area (Å²) in [6, 6.07) is 20.9. The highest BCUT2D eigenvalue weighted by atomic mass is 35.5. The summed E-state index contributed by atoms with van der Waals surface area (Å²) in [5, 5.41) is 18.7. The summed E-state index contributed by atoms with van der Waals surface area (Å²) >= 11 is 6.72. The average Bonchev–Trinajstić information content (AvgIpc) is 3.04. The summed E-state index contributed by atoms with van der Waals surface area (Å²) in [5.41, 5.74) is 2.37. The van der Waals surface area contributed by atoms with Crippen LogP contribution in [0.1, 0.15) is 11.1 Å². The van der Waals surface area contributed by atoms with E-state index in [1.807, 2.05) is 30.3 Å². The maximum Gasteiger partial charge on any atom is 0.293 e. The lowest BCUT2D eigenvalue weighted by Gasteiger charge is -2.12. The largest absolute Gasteiger partial charge is 0.507 e. The molecule has 1 heterocycles. The number of imide groups is 1. The number of rotatable bonds is 5. The standard InChI is InChI=1S/C23H16ClN3O3S/c24-17-8-6-15(7-9-17)14-27-22(29)21(31-23(27)30)13-16-12-19(10-11-20(16)28)26-25-18-4-2-1-3-5-18/h1-13,28H,14H2/b21-13-,26-25?. The number of azo groups is 1. The van der Waals surface area contributed by atoms with Crippen LogP contribution in [0.25, 0.3) is 6.08 Å². The monoisotopic (exact) mass is 449 g/mol. The Kier molecular flexibility index (Phi) is 6.16. The van der Waals surface area contributed by atoms with Gasteiger partial charge in [-0.2, -0.15) is 10.2 Å². The first-order valence-corrected chi connectivity index (χ1v) is 10.5. The first-order valence-electron chi connectivity index (χ1n) is 9.29. The third kappa shape index (κ3) is 5.02. The van der Waals surface area contributed by atoms with E-state index in [-0.39, 0.29) is 22.4 Å². The second-order valence-corrected chi connectivity index (χ2v) is 8.10. The Bertz CT molecular complexity index is 1190. The lowest BCUT2D eigenvalue weighted by Crippen LogP contribution is -2.27. The predicted molar refractivity (Wildman–Crippen MR) is 122 cm³/mol. The molecular formula is C23H16ClN3O3S. The quantitative estimate of drug-likeness (QED) is 0.347. The van der Waals surface area contributed by atoms with E-state index in [2.05, 4.69) is 10.2 Å². The molecule has 1 fully saturated rings. The lowest BCUT2D eigenvalue weighted by molar-refractivity contribution is -0.123. The second-order valence-electron chi connectivity index (χ2n) is 6.67. The van der Waals surface area contributed by atoms with Gasteiger partial charge in [-0.3, -0.25) is 14.5 Å². The van der Waals surface area contributed by atoms with Crippen LogP contribution in [-0.4, -0.2) is 21.2 Å². The smallest absolute Gasteiger partial charge is 0.293 e. The van der Waals surface area contributed by atoms with E-state index in [1.165, 1.54) is 12.1 Å². The van der Waals surface area contributed by atoms with E-state index >= 15 is 0 Å². The third-order valence-electron chi connectivity index (χ3n) is 4.46. The molecule has 0 atom stereocenters. The topological polar surface area (TPSA) is 82.3 Å². The van der Waals surface area contributed by atoms with E-state index in [0.717, 1.165) is 22.2 Å². The number of phenolic OH excluding ortho intramolecular Hbond substituents is 1. The number of halogens is 1. The van der Waals surface area contributed by atoms with Gasteiger partial charge in [-0.05, 0) is 65.9 Å². The molecule has 0 saturated carbocycles. The minimum absolute atomic E-state index is 0.0249. The molecule has 8 heteroatoms. The Labute approximate surface area is 187 Å². The molecule has 0 bridgehead atoms. The summed E-state index contributed by atoms with van der Waals surface area (Å²) in [6.45, 7) is 0.149. The zero-order chi connectivity index (χ0) is 21.8. The number of aromatic hydroxyl groups is 1. The van der Waals surface area contributed by atoms with E-state index in [1.54, 1.807) is 36.4 Å². The SMILES string of the molecule is O=C1S/C(=C\c2cc(N=Nc3ccccc3)ccc2O)C(=O)N1Cc1ccc(Cl)cc1. The van der Waals surface area contributed by atoms with Crippen molar-refractivity contribution in [1.29, 1.82) is 0 Å². The Morgan fingerprint density at radius 3 is 2.39 bits per heavy atom. The van der Waals surface area contributed by atoms with Gasteiger partial charge in [0.2, 0.25) is 0 Å². The van der Waals surface area contributed by atoms with Crippen LogP contribution in [0.3, 0.4) is 0 Å². The maximum atomic E-state index is 12.8. The summed E-state index contributed by atoms with van der Waals surface area (Å²) in [6.07, 6.45) is 1.49. The fraction of sp³-hybridized carbons (Fsp3) is 0.0435. The molecule has 0 aromatic heterocycles. The zero-order valence-corrected chi connectivity index (χ0v) is 17.7. The summed E-state index contributed by atoms with van der Waals surface area (Å²) in [7, 11) is 0. The maximum absolute atomic E-state index is 12.8. The van der Waals surface area contributed by atoms with Crippen molar-refractivity contribution in [2.75, 3.05) is 0 Å². The molecule has 2 amide bonds. The normalized spacial score (nSPS) is 15.4. The fourth-order valence-corrected chi connectivity index (χ4v) is 3.83. The van der Waals surface area contributed by atoms with Crippen LogP contribution in [0, 0.1) is 0 Å². The molecule has 1 saturated heterocycles. The number of thioether (sulfide) groups is 1. The van der Waals surface area contributed by atoms with Gasteiger partial charge in [0, 0.05) is 10.6 Å². The van der Waals surface area contributed by atoms with E-state index in [9.17, 15) is 14.7 Å². The molecule has 1 N–H and O–H groups in total. The van der Waals surface area contributed by atoms with Crippen LogP contribution in [0.2, 0.25) is 5.02 Å². The van der Waals surface area contributed by atoms with Crippen molar-refractivity contribution in [1.82, 2.24) is 4.90 Å². The molecular weight excluding hydrogens is 434 g/mol. The highest BCUT2D eigenvalue weighted by Gasteiger charge is 2.35. The molecule has 0 radical (unpaired) electrons. The molecule has 3 aromatic rings. The van der Waals surface area contributed by atoms with Crippen molar-refractivity contribution in [2.45, 2.75) is 6.54 Å². The minimum atomic E-state index is -0.416. The Hall–Kier alpha value is -3.42. The molecule has 1 aliphatic heterocycles. The van der Waals surface area contributed by atoms with Gasteiger partial charge in [0.05, 0.1) is 22.8 Å². The highest BCUT2D eigenvalue weighted by Crippen LogP contribution is 2.36. The van der Waals surface area contributed by atoms with E-state index < -0.39 is 5.91 Å². The van der Waals surface area contributed by atoms with Crippen molar-refractivity contribution in [3.05, 3.63) is 93.9 Å². The van der Waals surface area contributed by atoms with Crippen molar-refractivity contribution >= 4 is 52.0 Å². The third-order valence-corrected chi connectivity index (χ3v) is 5.62. The molecule has 4 rings (SSSR count). The van der Waals surface area contributed by atoms with Crippen LogP contribution in [0.4, 0.5) is 16.2 Å². The number of hydrogen-bond donors (Lipinski definition) is 1. The van der Waals surface area contributed by atoms with Gasteiger partial charge >= 0.3 is 0 Å². The van der Waals surface area contributed by atoms with Crippen molar-refractivity contribution in [2.24, 2.45) is 10.2 Å². The van der Waals surface area contributed by atoms with Gasteiger partial charge in [0.15, 0.2) is 0 Å².